The largest absolute Gasteiger partial charge is 0.352 e. The van der Waals surface area contributed by atoms with E-state index in [-0.39, 0.29) is 6.04 Å². The average Bonchev–Trinajstić information content (AvgIpc) is 2.33. The second-order valence-corrected chi connectivity index (χ2v) is 3.56. The lowest BCUT2D eigenvalue weighted by Gasteiger charge is -2.21. The standard InChI is InChI=1S/C8H15F2N3/c1-5-4-11-7(12-5)13-6(2)8(3,9)10/h5-6H,4H2,1-3H3,(H2,11,12,13). The van der Waals surface area contributed by atoms with Crippen molar-refractivity contribution in [1.82, 2.24) is 10.6 Å². The van der Waals surface area contributed by atoms with Crippen LogP contribution in [0, 0.1) is 0 Å². The Morgan fingerprint density at radius 1 is 1.69 bits per heavy atom. The van der Waals surface area contributed by atoms with E-state index in [1.807, 2.05) is 6.92 Å². The van der Waals surface area contributed by atoms with Crippen LogP contribution in [0.25, 0.3) is 0 Å². The summed E-state index contributed by atoms with van der Waals surface area (Å²) in [6.45, 7) is 4.92. The van der Waals surface area contributed by atoms with Gasteiger partial charge in [-0.05, 0) is 13.8 Å². The van der Waals surface area contributed by atoms with E-state index >= 15 is 0 Å². The Morgan fingerprint density at radius 2 is 2.31 bits per heavy atom. The van der Waals surface area contributed by atoms with Crippen molar-refractivity contribution in [3.63, 3.8) is 0 Å². The lowest BCUT2D eigenvalue weighted by molar-refractivity contribution is -0.00624. The molecule has 1 rings (SSSR count). The highest BCUT2D eigenvalue weighted by molar-refractivity contribution is 5.82. The van der Waals surface area contributed by atoms with Crippen molar-refractivity contribution in [3.8, 4) is 0 Å². The maximum Gasteiger partial charge on any atom is 0.264 e. The third-order valence-corrected chi connectivity index (χ3v) is 2.02. The molecule has 0 radical (unpaired) electrons. The smallest absolute Gasteiger partial charge is 0.264 e. The summed E-state index contributed by atoms with van der Waals surface area (Å²) in [5, 5.41) is 5.60. The van der Waals surface area contributed by atoms with Gasteiger partial charge in [-0.1, -0.05) is 0 Å². The minimum atomic E-state index is -2.73. The lowest BCUT2D eigenvalue weighted by Crippen LogP contribution is -2.48. The summed E-state index contributed by atoms with van der Waals surface area (Å²) in [6.07, 6.45) is 0. The van der Waals surface area contributed by atoms with Crippen molar-refractivity contribution >= 4 is 5.96 Å². The van der Waals surface area contributed by atoms with E-state index in [0.717, 1.165) is 6.92 Å². The molecule has 2 atom stereocenters. The highest BCUT2D eigenvalue weighted by Crippen LogP contribution is 2.16. The molecule has 1 heterocycles. The predicted molar refractivity (Wildman–Crippen MR) is 48.1 cm³/mol. The second-order valence-electron chi connectivity index (χ2n) is 3.56. The normalized spacial score (nSPS) is 25.0. The van der Waals surface area contributed by atoms with Crippen LogP contribution < -0.4 is 10.6 Å². The molecule has 1 aliphatic rings. The average molecular weight is 191 g/mol. The minimum absolute atomic E-state index is 0.236. The first-order chi connectivity index (χ1) is 5.89. The molecule has 0 aromatic carbocycles. The summed E-state index contributed by atoms with van der Waals surface area (Å²) in [7, 11) is 0. The molecule has 1 aliphatic heterocycles. The molecule has 3 nitrogen and oxygen atoms in total. The van der Waals surface area contributed by atoms with E-state index in [1.54, 1.807) is 0 Å². The molecule has 76 valence electrons. The van der Waals surface area contributed by atoms with E-state index in [4.69, 9.17) is 0 Å². The molecule has 5 heteroatoms. The van der Waals surface area contributed by atoms with Gasteiger partial charge in [0.2, 0.25) is 0 Å². The van der Waals surface area contributed by atoms with Gasteiger partial charge >= 0.3 is 0 Å². The Labute approximate surface area is 76.6 Å². The van der Waals surface area contributed by atoms with E-state index in [2.05, 4.69) is 15.6 Å². The van der Waals surface area contributed by atoms with Crippen LogP contribution in [0.3, 0.4) is 0 Å². The van der Waals surface area contributed by atoms with Gasteiger partial charge in [-0.3, -0.25) is 4.99 Å². The Morgan fingerprint density at radius 3 is 2.69 bits per heavy atom. The number of alkyl halides is 2. The third-order valence-electron chi connectivity index (χ3n) is 2.02. The fourth-order valence-electron chi connectivity index (χ4n) is 0.972. The first-order valence-corrected chi connectivity index (χ1v) is 4.35. The van der Waals surface area contributed by atoms with Gasteiger partial charge in [0.15, 0.2) is 5.96 Å². The van der Waals surface area contributed by atoms with Crippen LogP contribution in [-0.4, -0.2) is 30.5 Å². The number of rotatable bonds is 2. The molecule has 13 heavy (non-hydrogen) atoms. The van der Waals surface area contributed by atoms with Crippen LogP contribution in [0.15, 0.2) is 4.99 Å². The number of hydrogen-bond donors (Lipinski definition) is 2. The van der Waals surface area contributed by atoms with Crippen molar-refractivity contribution in [1.29, 1.82) is 0 Å². The van der Waals surface area contributed by atoms with Crippen LogP contribution in [0.1, 0.15) is 20.8 Å². The quantitative estimate of drug-likeness (QED) is 0.682. The fraction of sp³-hybridized carbons (Fsp3) is 0.875. The van der Waals surface area contributed by atoms with Crippen LogP contribution in [0.5, 0.6) is 0 Å². The molecule has 0 saturated heterocycles. The molecule has 0 bridgehead atoms. The Kier molecular flexibility index (Phi) is 2.73. The van der Waals surface area contributed by atoms with E-state index in [9.17, 15) is 8.78 Å². The van der Waals surface area contributed by atoms with E-state index in [0.29, 0.717) is 12.5 Å². The van der Waals surface area contributed by atoms with E-state index < -0.39 is 12.0 Å². The molecule has 0 saturated carbocycles. The lowest BCUT2D eigenvalue weighted by atomic mass is 10.2. The van der Waals surface area contributed by atoms with Crippen molar-refractivity contribution < 1.29 is 8.78 Å². The fourth-order valence-corrected chi connectivity index (χ4v) is 0.972. The zero-order chi connectivity index (χ0) is 10.1. The van der Waals surface area contributed by atoms with Gasteiger partial charge in [0.1, 0.15) is 0 Å². The summed E-state index contributed by atoms with van der Waals surface area (Å²) in [6, 6.07) is -0.663. The number of guanidine groups is 1. The van der Waals surface area contributed by atoms with Gasteiger partial charge in [-0.2, -0.15) is 0 Å². The van der Waals surface area contributed by atoms with Gasteiger partial charge in [0, 0.05) is 13.0 Å². The van der Waals surface area contributed by atoms with Crippen molar-refractivity contribution in [3.05, 3.63) is 0 Å². The zero-order valence-corrected chi connectivity index (χ0v) is 8.06. The van der Waals surface area contributed by atoms with Crippen LogP contribution in [0.2, 0.25) is 0 Å². The zero-order valence-electron chi connectivity index (χ0n) is 8.06. The Bertz CT molecular complexity index is 210. The van der Waals surface area contributed by atoms with Crippen molar-refractivity contribution in [2.24, 2.45) is 4.99 Å². The first-order valence-electron chi connectivity index (χ1n) is 4.35. The van der Waals surface area contributed by atoms with Gasteiger partial charge in [-0.15, -0.1) is 0 Å². The summed E-state index contributed by atoms with van der Waals surface area (Å²) >= 11 is 0. The summed E-state index contributed by atoms with van der Waals surface area (Å²) in [4.78, 5) is 4.03. The van der Waals surface area contributed by atoms with Gasteiger partial charge in [-0.25, -0.2) is 8.78 Å². The highest BCUT2D eigenvalue weighted by Gasteiger charge is 2.31. The topological polar surface area (TPSA) is 36.4 Å². The van der Waals surface area contributed by atoms with Gasteiger partial charge in [0.05, 0.1) is 12.6 Å². The Balaban J connectivity index is 2.42. The molecular weight excluding hydrogens is 176 g/mol. The van der Waals surface area contributed by atoms with Crippen LogP contribution in [0.4, 0.5) is 8.78 Å². The predicted octanol–water partition coefficient (Wildman–Crippen LogP) is 0.967. The molecule has 0 aliphatic carbocycles. The molecule has 0 aromatic rings. The minimum Gasteiger partial charge on any atom is -0.352 e. The summed E-state index contributed by atoms with van der Waals surface area (Å²) in [5.41, 5.74) is 0. The van der Waals surface area contributed by atoms with Crippen molar-refractivity contribution in [2.45, 2.75) is 38.8 Å². The molecule has 0 amide bonds. The first kappa shape index (κ1) is 10.2. The summed E-state index contributed by atoms with van der Waals surface area (Å²) < 4.78 is 25.4. The summed E-state index contributed by atoms with van der Waals surface area (Å²) in [5.74, 6) is -2.25. The maximum atomic E-state index is 12.7. The van der Waals surface area contributed by atoms with Crippen LogP contribution in [-0.2, 0) is 0 Å². The maximum absolute atomic E-state index is 12.7. The molecule has 2 N–H and O–H groups in total. The Hall–Kier alpha value is -0.870. The molecule has 0 aromatic heterocycles. The van der Waals surface area contributed by atoms with Gasteiger partial charge < -0.3 is 10.6 Å². The number of hydrogen-bond acceptors (Lipinski definition) is 3. The SMILES string of the molecule is CC1CN=C(NC(C)C(C)(F)F)N1. The number of nitrogens with zero attached hydrogens (tertiary/aromatic N) is 1. The molecule has 0 spiro atoms. The monoisotopic (exact) mass is 191 g/mol. The third kappa shape index (κ3) is 2.82. The highest BCUT2D eigenvalue weighted by atomic mass is 19.3. The van der Waals surface area contributed by atoms with E-state index in [1.165, 1.54) is 6.92 Å². The number of halogens is 2. The molecular formula is C8H15F2N3. The van der Waals surface area contributed by atoms with Gasteiger partial charge in [0.25, 0.3) is 5.92 Å². The van der Waals surface area contributed by atoms with Crippen LogP contribution >= 0.6 is 0 Å². The molecule has 2 unspecified atom stereocenters. The second kappa shape index (κ2) is 3.47. The number of nitrogens with one attached hydrogen (secondary N) is 2. The number of aliphatic imine (C=N–C) groups is 1. The van der Waals surface area contributed by atoms with Crippen molar-refractivity contribution in [2.75, 3.05) is 6.54 Å². The molecule has 0 fully saturated rings.